The molecular formula is C26H35NO2. The van der Waals surface area contributed by atoms with Crippen molar-refractivity contribution in [2.75, 3.05) is 6.54 Å². The van der Waals surface area contributed by atoms with E-state index >= 15 is 0 Å². The number of hydrogen-bond donors (Lipinski definition) is 0. The van der Waals surface area contributed by atoms with Crippen LogP contribution < -0.4 is 0 Å². The van der Waals surface area contributed by atoms with Crippen LogP contribution in [0.3, 0.4) is 0 Å². The molecular weight excluding hydrogens is 358 g/mol. The molecule has 0 saturated carbocycles. The average Bonchev–Trinajstić information content (AvgIpc) is 2.78. The molecule has 2 aromatic carbocycles. The van der Waals surface area contributed by atoms with E-state index in [9.17, 15) is 9.59 Å². The van der Waals surface area contributed by atoms with Crippen LogP contribution in [0.15, 0.2) is 60.7 Å². The Morgan fingerprint density at radius 1 is 0.586 bits per heavy atom. The molecule has 2 amide bonds. The van der Waals surface area contributed by atoms with Gasteiger partial charge < -0.3 is 0 Å². The predicted molar refractivity (Wildman–Crippen MR) is 120 cm³/mol. The maximum absolute atomic E-state index is 13.0. The summed E-state index contributed by atoms with van der Waals surface area (Å²) in [5, 5.41) is 0. The monoisotopic (exact) mass is 393 g/mol. The first-order valence-electron chi connectivity index (χ1n) is 11.2. The second-order valence-corrected chi connectivity index (χ2v) is 7.68. The second kappa shape index (κ2) is 13.7. The van der Waals surface area contributed by atoms with Crippen molar-refractivity contribution in [3.63, 3.8) is 0 Å². The van der Waals surface area contributed by atoms with Gasteiger partial charge >= 0.3 is 0 Å². The SMILES string of the molecule is CCCCCCCCCCCCN(C(=O)c1ccccc1)C(=O)c1ccccc1. The van der Waals surface area contributed by atoms with Gasteiger partial charge in [0.05, 0.1) is 0 Å². The largest absolute Gasteiger partial charge is 0.274 e. The zero-order valence-corrected chi connectivity index (χ0v) is 17.8. The van der Waals surface area contributed by atoms with E-state index in [2.05, 4.69) is 6.92 Å². The van der Waals surface area contributed by atoms with Gasteiger partial charge in [-0.25, -0.2) is 0 Å². The summed E-state index contributed by atoms with van der Waals surface area (Å²) in [6.07, 6.45) is 12.3. The number of benzene rings is 2. The normalized spacial score (nSPS) is 10.7. The minimum Gasteiger partial charge on any atom is -0.274 e. The molecule has 2 rings (SSSR count). The summed E-state index contributed by atoms with van der Waals surface area (Å²) in [4.78, 5) is 27.3. The molecule has 0 unspecified atom stereocenters. The van der Waals surface area contributed by atoms with Gasteiger partial charge in [0, 0.05) is 17.7 Å². The zero-order valence-electron chi connectivity index (χ0n) is 17.8. The van der Waals surface area contributed by atoms with Crippen molar-refractivity contribution in [2.24, 2.45) is 0 Å². The Morgan fingerprint density at radius 3 is 1.38 bits per heavy atom. The van der Waals surface area contributed by atoms with Gasteiger partial charge in [0.25, 0.3) is 11.8 Å². The van der Waals surface area contributed by atoms with E-state index in [4.69, 9.17) is 0 Å². The van der Waals surface area contributed by atoms with Crippen LogP contribution in [0.2, 0.25) is 0 Å². The van der Waals surface area contributed by atoms with E-state index in [0.717, 1.165) is 12.8 Å². The molecule has 3 nitrogen and oxygen atoms in total. The molecule has 3 heteroatoms. The maximum atomic E-state index is 13.0. The minimum atomic E-state index is -0.213. The van der Waals surface area contributed by atoms with Crippen LogP contribution in [0.1, 0.15) is 91.8 Å². The molecule has 0 spiro atoms. The van der Waals surface area contributed by atoms with Crippen LogP contribution in [-0.2, 0) is 0 Å². The van der Waals surface area contributed by atoms with Gasteiger partial charge in [0.2, 0.25) is 0 Å². The van der Waals surface area contributed by atoms with Gasteiger partial charge in [0.15, 0.2) is 0 Å². The molecule has 0 fully saturated rings. The summed E-state index contributed by atoms with van der Waals surface area (Å²) in [6.45, 7) is 2.71. The number of carbonyl (C=O) groups excluding carboxylic acids is 2. The summed E-state index contributed by atoms with van der Waals surface area (Å²) in [6, 6.07) is 18.2. The Kier molecular flexibility index (Phi) is 10.8. The van der Waals surface area contributed by atoms with Gasteiger partial charge in [-0.15, -0.1) is 0 Å². The summed E-state index contributed by atoms with van der Waals surface area (Å²) < 4.78 is 0. The molecule has 29 heavy (non-hydrogen) atoms. The summed E-state index contributed by atoms with van der Waals surface area (Å²) in [7, 11) is 0. The first kappa shape index (κ1) is 22.9. The highest BCUT2D eigenvalue weighted by atomic mass is 16.2. The molecule has 0 saturated heterocycles. The average molecular weight is 394 g/mol. The first-order chi connectivity index (χ1) is 14.2. The van der Waals surface area contributed by atoms with E-state index < -0.39 is 0 Å². The maximum Gasteiger partial charge on any atom is 0.260 e. The number of amides is 2. The van der Waals surface area contributed by atoms with Crippen molar-refractivity contribution in [1.29, 1.82) is 0 Å². The topological polar surface area (TPSA) is 37.4 Å². The van der Waals surface area contributed by atoms with E-state index in [0.29, 0.717) is 17.7 Å². The van der Waals surface area contributed by atoms with Gasteiger partial charge in [-0.1, -0.05) is 101 Å². The van der Waals surface area contributed by atoms with E-state index in [-0.39, 0.29) is 11.8 Å². The second-order valence-electron chi connectivity index (χ2n) is 7.68. The van der Waals surface area contributed by atoms with E-state index in [1.54, 1.807) is 24.3 Å². The Balaban J connectivity index is 1.83. The number of nitrogens with zero attached hydrogens (tertiary/aromatic N) is 1. The lowest BCUT2D eigenvalue weighted by atomic mass is 10.1. The van der Waals surface area contributed by atoms with Crippen LogP contribution in [0.4, 0.5) is 0 Å². The van der Waals surface area contributed by atoms with Gasteiger partial charge in [-0.3, -0.25) is 14.5 Å². The van der Waals surface area contributed by atoms with Gasteiger partial charge in [0.1, 0.15) is 0 Å². The Morgan fingerprint density at radius 2 is 0.966 bits per heavy atom. The quantitative estimate of drug-likeness (QED) is 0.274. The summed E-state index contributed by atoms with van der Waals surface area (Å²) in [5.74, 6) is -0.425. The molecule has 0 heterocycles. The molecule has 0 aliphatic heterocycles. The molecule has 0 atom stereocenters. The molecule has 156 valence electrons. The third-order valence-electron chi connectivity index (χ3n) is 5.27. The molecule has 0 aromatic heterocycles. The van der Waals surface area contributed by atoms with Crippen LogP contribution >= 0.6 is 0 Å². The van der Waals surface area contributed by atoms with E-state index in [1.807, 2.05) is 36.4 Å². The predicted octanol–water partition coefficient (Wildman–Crippen LogP) is 6.89. The first-order valence-corrected chi connectivity index (χ1v) is 11.2. The lowest BCUT2D eigenvalue weighted by Gasteiger charge is -2.21. The third-order valence-corrected chi connectivity index (χ3v) is 5.27. The third kappa shape index (κ3) is 8.23. The van der Waals surface area contributed by atoms with Crippen molar-refractivity contribution < 1.29 is 9.59 Å². The van der Waals surface area contributed by atoms with Gasteiger partial charge in [-0.05, 0) is 30.7 Å². The van der Waals surface area contributed by atoms with Gasteiger partial charge in [-0.2, -0.15) is 0 Å². The highest BCUT2D eigenvalue weighted by Crippen LogP contribution is 2.14. The standard InChI is InChI=1S/C26H35NO2/c1-2-3-4-5-6-7-8-9-10-17-22-27(25(28)23-18-13-11-14-19-23)26(29)24-20-15-12-16-21-24/h11-16,18-21H,2-10,17,22H2,1H3. The highest BCUT2D eigenvalue weighted by molar-refractivity contribution is 6.10. The molecule has 0 radical (unpaired) electrons. The number of unbranched alkanes of at least 4 members (excludes halogenated alkanes) is 9. The smallest absolute Gasteiger partial charge is 0.260 e. The fraction of sp³-hybridized carbons (Fsp3) is 0.462. The molecule has 0 N–H and O–H groups in total. The van der Waals surface area contributed by atoms with Crippen LogP contribution in [0.25, 0.3) is 0 Å². The molecule has 2 aromatic rings. The van der Waals surface area contributed by atoms with Crippen molar-refractivity contribution in [3.8, 4) is 0 Å². The lowest BCUT2D eigenvalue weighted by Crippen LogP contribution is -2.37. The van der Waals surface area contributed by atoms with Crippen LogP contribution in [-0.4, -0.2) is 23.3 Å². The summed E-state index contributed by atoms with van der Waals surface area (Å²) in [5.41, 5.74) is 1.12. The molecule has 0 bridgehead atoms. The van der Waals surface area contributed by atoms with E-state index in [1.165, 1.54) is 56.3 Å². The van der Waals surface area contributed by atoms with Crippen molar-refractivity contribution >= 4 is 11.8 Å². The van der Waals surface area contributed by atoms with Crippen molar-refractivity contribution in [2.45, 2.75) is 71.1 Å². The number of imide groups is 1. The highest BCUT2D eigenvalue weighted by Gasteiger charge is 2.23. The number of carbonyl (C=O) groups is 2. The fourth-order valence-electron chi connectivity index (χ4n) is 3.53. The molecule has 0 aliphatic carbocycles. The summed E-state index contributed by atoms with van der Waals surface area (Å²) >= 11 is 0. The Hall–Kier alpha value is -2.42. The van der Waals surface area contributed by atoms with Crippen molar-refractivity contribution in [1.82, 2.24) is 4.90 Å². The number of hydrogen-bond acceptors (Lipinski definition) is 2. The molecule has 0 aliphatic rings. The van der Waals surface area contributed by atoms with Crippen LogP contribution in [0, 0.1) is 0 Å². The van der Waals surface area contributed by atoms with Crippen LogP contribution in [0.5, 0.6) is 0 Å². The Bertz CT molecular complexity index is 661. The minimum absolute atomic E-state index is 0.213. The Labute approximate surface area is 176 Å². The number of rotatable bonds is 13. The van der Waals surface area contributed by atoms with Crippen molar-refractivity contribution in [3.05, 3.63) is 71.8 Å². The fourth-order valence-corrected chi connectivity index (χ4v) is 3.53. The lowest BCUT2D eigenvalue weighted by molar-refractivity contribution is 0.0613. The zero-order chi connectivity index (χ0) is 20.7.